The minimum Gasteiger partial charge on any atom is -0.476 e. The first-order valence-corrected chi connectivity index (χ1v) is 7.76. The zero-order chi connectivity index (χ0) is 17.1. The molecule has 1 fully saturated rings. The van der Waals surface area contributed by atoms with Crippen LogP contribution in [0.4, 0.5) is 11.5 Å². The number of rotatable bonds is 4. The first-order valence-electron chi connectivity index (χ1n) is 7.76. The number of nitrogens with zero attached hydrogens (tertiary/aromatic N) is 5. The number of carboxylic acid groups (broad SMARTS) is 1. The average molecular weight is 331 g/mol. The van der Waals surface area contributed by atoms with E-state index in [1.807, 2.05) is 4.90 Å². The van der Waals surface area contributed by atoms with Gasteiger partial charge in [-0.3, -0.25) is 10.1 Å². The number of aromatic carboxylic acids is 1. The number of benzene rings is 1. The third-order valence-corrected chi connectivity index (χ3v) is 3.98. The molecule has 0 atom stereocenters. The lowest BCUT2D eigenvalue weighted by atomic mass is 10.2. The Hall–Kier alpha value is -2.97. The van der Waals surface area contributed by atoms with E-state index in [-0.39, 0.29) is 11.4 Å². The maximum Gasteiger partial charge on any atom is 0.360 e. The van der Waals surface area contributed by atoms with Crippen molar-refractivity contribution in [3.63, 3.8) is 0 Å². The standard InChI is InChI=1S/C15H17N5O4/c21-15(22)13-14(18-8-3-1-2-4-9-18)17-19(16-13)11-6-5-7-12(10-11)20(23)24/h5-7,10H,1-4,8-9H2,(H,21,22). The van der Waals surface area contributed by atoms with E-state index >= 15 is 0 Å². The Morgan fingerprint density at radius 3 is 2.50 bits per heavy atom. The van der Waals surface area contributed by atoms with E-state index in [9.17, 15) is 20.0 Å². The van der Waals surface area contributed by atoms with Gasteiger partial charge in [-0.05, 0) is 18.9 Å². The summed E-state index contributed by atoms with van der Waals surface area (Å²) < 4.78 is 0. The van der Waals surface area contributed by atoms with Crippen LogP contribution in [0, 0.1) is 10.1 Å². The molecule has 2 aromatic rings. The predicted octanol–water partition coefficient (Wildman–Crippen LogP) is 2.25. The Labute approximate surface area is 137 Å². The van der Waals surface area contributed by atoms with Gasteiger partial charge in [0, 0.05) is 25.2 Å². The predicted molar refractivity (Wildman–Crippen MR) is 85.7 cm³/mol. The van der Waals surface area contributed by atoms with Crippen LogP contribution in [-0.2, 0) is 0 Å². The third-order valence-electron chi connectivity index (χ3n) is 3.98. The Balaban J connectivity index is 2.01. The molecule has 1 saturated heterocycles. The van der Waals surface area contributed by atoms with Gasteiger partial charge in [0.25, 0.3) is 5.69 Å². The SMILES string of the molecule is O=C(O)c1nn(-c2cccc([N+](=O)[O-])c2)nc1N1CCCCCC1. The summed E-state index contributed by atoms with van der Waals surface area (Å²) in [7, 11) is 0. The number of aromatic nitrogens is 3. The minimum atomic E-state index is -1.16. The fraction of sp³-hybridized carbons (Fsp3) is 0.400. The lowest BCUT2D eigenvalue weighted by molar-refractivity contribution is -0.384. The highest BCUT2D eigenvalue weighted by Gasteiger charge is 2.24. The molecule has 1 aliphatic rings. The molecule has 0 saturated carbocycles. The molecular formula is C15H17N5O4. The summed E-state index contributed by atoms with van der Waals surface area (Å²) in [4.78, 5) is 25.0. The molecule has 1 aromatic heterocycles. The highest BCUT2D eigenvalue weighted by molar-refractivity contribution is 5.91. The van der Waals surface area contributed by atoms with Gasteiger partial charge >= 0.3 is 5.97 Å². The first-order chi connectivity index (χ1) is 11.6. The monoisotopic (exact) mass is 331 g/mol. The summed E-state index contributed by atoms with van der Waals surface area (Å²) in [6, 6.07) is 5.80. The maximum atomic E-state index is 11.5. The Morgan fingerprint density at radius 2 is 1.88 bits per heavy atom. The summed E-state index contributed by atoms with van der Waals surface area (Å²) in [6.45, 7) is 1.46. The molecular weight excluding hydrogens is 314 g/mol. The largest absolute Gasteiger partial charge is 0.476 e. The lowest BCUT2D eigenvalue weighted by Gasteiger charge is -2.19. The minimum absolute atomic E-state index is 0.0991. The van der Waals surface area contributed by atoms with E-state index in [0.29, 0.717) is 11.5 Å². The number of carboxylic acids is 1. The van der Waals surface area contributed by atoms with Gasteiger partial charge in [0.05, 0.1) is 10.6 Å². The summed E-state index contributed by atoms with van der Waals surface area (Å²) in [5.41, 5.74) is 0.120. The summed E-state index contributed by atoms with van der Waals surface area (Å²) >= 11 is 0. The van der Waals surface area contributed by atoms with Crippen LogP contribution in [0.3, 0.4) is 0 Å². The molecule has 9 nitrogen and oxygen atoms in total. The second-order valence-corrected chi connectivity index (χ2v) is 5.65. The summed E-state index contributed by atoms with van der Waals surface area (Å²) in [5, 5.41) is 28.6. The van der Waals surface area contributed by atoms with Crippen LogP contribution in [-0.4, -0.2) is 44.1 Å². The number of non-ortho nitro benzene ring substituents is 1. The highest BCUT2D eigenvalue weighted by Crippen LogP contribution is 2.23. The Morgan fingerprint density at radius 1 is 1.17 bits per heavy atom. The molecule has 2 heterocycles. The van der Waals surface area contributed by atoms with Crippen molar-refractivity contribution in [2.75, 3.05) is 18.0 Å². The van der Waals surface area contributed by atoms with Gasteiger partial charge in [-0.1, -0.05) is 18.9 Å². The van der Waals surface area contributed by atoms with E-state index < -0.39 is 10.9 Å². The molecule has 126 valence electrons. The van der Waals surface area contributed by atoms with Gasteiger partial charge in [0.15, 0.2) is 5.82 Å². The molecule has 0 bridgehead atoms. The van der Waals surface area contributed by atoms with Crippen LogP contribution >= 0.6 is 0 Å². The zero-order valence-corrected chi connectivity index (χ0v) is 13.0. The van der Waals surface area contributed by atoms with E-state index in [0.717, 1.165) is 43.6 Å². The molecule has 0 aliphatic carbocycles. The maximum absolute atomic E-state index is 11.5. The zero-order valence-electron chi connectivity index (χ0n) is 13.0. The quantitative estimate of drug-likeness (QED) is 0.675. The van der Waals surface area contributed by atoms with E-state index in [2.05, 4.69) is 10.2 Å². The number of hydrogen-bond acceptors (Lipinski definition) is 6. The molecule has 9 heteroatoms. The molecule has 0 amide bonds. The smallest absolute Gasteiger partial charge is 0.360 e. The van der Waals surface area contributed by atoms with Gasteiger partial charge in [-0.15, -0.1) is 15.0 Å². The second-order valence-electron chi connectivity index (χ2n) is 5.65. The van der Waals surface area contributed by atoms with Gasteiger partial charge in [-0.25, -0.2) is 4.79 Å². The number of carbonyl (C=O) groups is 1. The van der Waals surface area contributed by atoms with Crippen molar-refractivity contribution < 1.29 is 14.8 Å². The van der Waals surface area contributed by atoms with Gasteiger partial charge in [-0.2, -0.15) is 0 Å². The fourth-order valence-corrected chi connectivity index (χ4v) is 2.78. The summed E-state index contributed by atoms with van der Waals surface area (Å²) in [5.74, 6) is -0.846. The molecule has 0 unspecified atom stereocenters. The number of hydrogen-bond donors (Lipinski definition) is 1. The first kappa shape index (κ1) is 15.9. The van der Waals surface area contributed by atoms with Crippen molar-refractivity contribution in [1.29, 1.82) is 0 Å². The normalized spacial score (nSPS) is 15.1. The van der Waals surface area contributed by atoms with Gasteiger partial charge in [0.1, 0.15) is 0 Å². The Kier molecular flexibility index (Phi) is 4.41. The van der Waals surface area contributed by atoms with Crippen molar-refractivity contribution in [3.05, 3.63) is 40.1 Å². The van der Waals surface area contributed by atoms with Crippen LogP contribution in [0.15, 0.2) is 24.3 Å². The molecule has 1 N–H and O–H groups in total. The number of anilines is 1. The molecule has 0 spiro atoms. The molecule has 3 rings (SSSR count). The van der Waals surface area contributed by atoms with Crippen LogP contribution in [0.1, 0.15) is 36.2 Å². The van der Waals surface area contributed by atoms with Gasteiger partial charge < -0.3 is 10.0 Å². The second kappa shape index (κ2) is 6.65. The number of nitro groups is 1. The molecule has 1 aliphatic heterocycles. The van der Waals surface area contributed by atoms with Crippen LogP contribution in [0.5, 0.6) is 0 Å². The van der Waals surface area contributed by atoms with Crippen molar-refractivity contribution in [2.24, 2.45) is 0 Å². The van der Waals surface area contributed by atoms with Gasteiger partial charge in [0.2, 0.25) is 5.69 Å². The van der Waals surface area contributed by atoms with Crippen LogP contribution in [0.25, 0.3) is 5.69 Å². The van der Waals surface area contributed by atoms with Crippen molar-refractivity contribution in [2.45, 2.75) is 25.7 Å². The van der Waals surface area contributed by atoms with Crippen molar-refractivity contribution in [1.82, 2.24) is 15.0 Å². The third kappa shape index (κ3) is 3.19. The average Bonchev–Trinajstić information content (AvgIpc) is 2.84. The van der Waals surface area contributed by atoms with Crippen LogP contribution < -0.4 is 4.90 Å². The topological polar surface area (TPSA) is 114 Å². The van der Waals surface area contributed by atoms with E-state index in [1.165, 1.54) is 18.2 Å². The molecule has 1 aromatic carbocycles. The van der Waals surface area contributed by atoms with Crippen LogP contribution in [0.2, 0.25) is 0 Å². The Bertz CT molecular complexity index is 765. The molecule has 24 heavy (non-hydrogen) atoms. The fourth-order valence-electron chi connectivity index (χ4n) is 2.78. The van der Waals surface area contributed by atoms with Crippen molar-refractivity contribution >= 4 is 17.5 Å². The van der Waals surface area contributed by atoms with E-state index in [4.69, 9.17) is 0 Å². The molecule has 0 radical (unpaired) electrons. The van der Waals surface area contributed by atoms with E-state index in [1.54, 1.807) is 6.07 Å². The summed E-state index contributed by atoms with van der Waals surface area (Å²) in [6.07, 6.45) is 4.17. The van der Waals surface area contributed by atoms with Crippen molar-refractivity contribution in [3.8, 4) is 5.69 Å². The highest BCUT2D eigenvalue weighted by atomic mass is 16.6. The lowest BCUT2D eigenvalue weighted by Crippen LogP contribution is -2.26. The number of nitro benzene ring substituents is 1.